The lowest BCUT2D eigenvalue weighted by atomic mass is 10.1. The number of rotatable bonds is 1. The first-order valence-corrected chi connectivity index (χ1v) is 5.16. The van der Waals surface area contributed by atoms with Gasteiger partial charge in [0.1, 0.15) is 17.2 Å². The highest BCUT2D eigenvalue weighted by molar-refractivity contribution is 5.84. The van der Waals surface area contributed by atoms with Crippen molar-refractivity contribution in [2.24, 2.45) is 0 Å². The highest BCUT2D eigenvalue weighted by atomic mass is 19.1. The van der Waals surface area contributed by atoms with Crippen LogP contribution in [0, 0.1) is 12.7 Å². The minimum Gasteiger partial charge on any atom is -0.275 e. The van der Waals surface area contributed by atoms with E-state index in [0.717, 1.165) is 16.5 Å². The van der Waals surface area contributed by atoms with Gasteiger partial charge >= 0.3 is 0 Å². The molecule has 0 spiro atoms. The largest absolute Gasteiger partial charge is 0.275 e. The first-order valence-electron chi connectivity index (χ1n) is 5.16. The van der Waals surface area contributed by atoms with Crippen molar-refractivity contribution in [3.8, 4) is 11.1 Å². The average molecular weight is 228 g/mol. The molecule has 0 unspecified atom stereocenters. The van der Waals surface area contributed by atoms with Crippen molar-refractivity contribution in [1.82, 2.24) is 20.2 Å². The van der Waals surface area contributed by atoms with Crippen LogP contribution >= 0.6 is 0 Å². The van der Waals surface area contributed by atoms with Gasteiger partial charge in [-0.15, -0.1) is 0 Å². The Morgan fingerprint density at radius 3 is 2.59 bits per heavy atom. The number of nitrogens with one attached hydrogen (secondary N) is 1. The van der Waals surface area contributed by atoms with Crippen LogP contribution in [-0.4, -0.2) is 20.2 Å². The van der Waals surface area contributed by atoms with Gasteiger partial charge in [-0.3, -0.25) is 5.10 Å². The van der Waals surface area contributed by atoms with Gasteiger partial charge < -0.3 is 0 Å². The summed E-state index contributed by atoms with van der Waals surface area (Å²) in [5.41, 5.74) is 1.95. The lowest BCUT2D eigenvalue weighted by Gasteiger charge is -2.02. The number of aromatic amines is 1. The number of nitrogens with zero attached hydrogens (tertiary/aromatic N) is 3. The SMILES string of the molecule is Cc1ncc(-c2cc(F)c3[nH]ncc3c2)cn1. The Kier molecular flexibility index (Phi) is 2.11. The van der Waals surface area contributed by atoms with Crippen molar-refractivity contribution >= 4 is 10.9 Å². The van der Waals surface area contributed by atoms with E-state index >= 15 is 0 Å². The molecule has 84 valence electrons. The van der Waals surface area contributed by atoms with Gasteiger partial charge in [-0.1, -0.05) is 0 Å². The maximum Gasteiger partial charge on any atom is 0.149 e. The maximum atomic E-state index is 13.7. The van der Waals surface area contributed by atoms with E-state index in [1.165, 1.54) is 6.07 Å². The van der Waals surface area contributed by atoms with E-state index in [9.17, 15) is 4.39 Å². The van der Waals surface area contributed by atoms with Crippen LogP contribution in [0.3, 0.4) is 0 Å². The molecule has 1 aromatic carbocycles. The number of hydrogen-bond donors (Lipinski definition) is 1. The summed E-state index contributed by atoms with van der Waals surface area (Å²) in [4.78, 5) is 8.19. The fourth-order valence-corrected chi connectivity index (χ4v) is 1.72. The van der Waals surface area contributed by atoms with Gasteiger partial charge in [0.25, 0.3) is 0 Å². The first kappa shape index (κ1) is 9.89. The quantitative estimate of drug-likeness (QED) is 0.696. The summed E-state index contributed by atoms with van der Waals surface area (Å²) in [6.45, 7) is 1.81. The standard InChI is InChI=1S/C12H9FN4/c1-7-14-4-10(5-15-7)8-2-9-6-16-17-12(9)11(13)3-8/h2-6H,1H3,(H,16,17). The number of aromatic nitrogens is 4. The molecule has 0 aliphatic carbocycles. The Labute approximate surface area is 96.5 Å². The molecule has 3 aromatic rings. The Morgan fingerprint density at radius 2 is 1.82 bits per heavy atom. The Balaban J connectivity index is 2.20. The molecular formula is C12H9FN4. The fraction of sp³-hybridized carbons (Fsp3) is 0.0833. The van der Waals surface area contributed by atoms with Crippen molar-refractivity contribution in [2.75, 3.05) is 0 Å². The zero-order valence-electron chi connectivity index (χ0n) is 9.11. The summed E-state index contributed by atoms with van der Waals surface area (Å²) in [5, 5.41) is 7.17. The second kappa shape index (κ2) is 3.62. The molecule has 0 bridgehead atoms. The number of fused-ring (bicyclic) bond motifs is 1. The second-order valence-corrected chi connectivity index (χ2v) is 3.81. The smallest absolute Gasteiger partial charge is 0.149 e. The van der Waals surface area contributed by atoms with E-state index in [0.29, 0.717) is 11.3 Å². The number of aryl methyl sites for hydroxylation is 1. The number of halogens is 1. The normalized spacial score (nSPS) is 10.9. The molecule has 3 rings (SSSR count). The van der Waals surface area contributed by atoms with Crippen molar-refractivity contribution in [1.29, 1.82) is 0 Å². The van der Waals surface area contributed by atoms with Gasteiger partial charge in [-0.2, -0.15) is 5.10 Å². The minimum atomic E-state index is -0.324. The Morgan fingerprint density at radius 1 is 1.06 bits per heavy atom. The van der Waals surface area contributed by atoms with Crippen LogP contribution in [0.5, 0.6) is 0 Å². The van der Waals surface area contributed by atoms with E-state index < -0.39 is 0 Å². The van der Waals surface area contributed by atoms with Crippen molar-refractivity contribution in [3.63, 3.8) is 0 Å². The zero-order chi connectivity index (χ0) is 11.8. The molecule has 0 atom stereocenters. The molecule has 0 saturated heterocycles. The molecule has 5 heteroatoms. The predicted molar refractivity (Wildman–Crippen MR) is 61.8 cm³/mol. The third-order valence-electron chi connectivity index (χ3n) is 2.61. The van der Waals surface area contributed by atoms with Crippen molar-refractivity contribution < 1.29 is 4.39 Å². The summed E-state index contributed by atoms with van der Waals surface area (Å²) in [6, 6.07) is 3.31. The number of hydrogen-bond acceptors (Lipinski definition) is 3. The molecule has 1 N–H and O–H groups in total. The van der Waals surface area contributed by atoms with E-state index in [-0.39, 0.29) is 5.82 Å². The van der Waals surface area contributed by atoms with E-state index in [1.807, 2.05) is 13.0 Å². The third kappa shape index (κ3) is 1.65. The predicted octanol–water partition coefficient (Wildman–Crippen LogP) is 2.47. The molecule has 0 amide bonds. The van der Waals surface area contributed by atoms with Crippen LogP contribution in [0.2, 0.25) is 0 Å². The lowest BCUT2D eigenvalue weighted by molar-refractivity contribution is 0.636. The van der Waals surface area contributed by atoms with Crippen LogP contribution in [0.15, 0.2) is 30.7 Å². The molecule has 2 aromatic heterocycles. The molecule has 17 heavy (non-hydrogen) atoms. The maximum absolute atomic E-state index is 13.7. The van der Waals surface area contributed by atoms with Gasteiger partial charge in [-0.05, 0) is 24.6 Å². The highest BCUT2D eigenvalue weighted by Gasteiger charge is 2.07. The van der Waals surface area contributed by atoms with Crippen molar-refractivity contribution in [2.45, 2.75) is 6.92 Å². The zero-order valence-corrected chi connectivity index (χ0v) is 9.11. The summed E-state index contributed by atoms with van der Waals surface area (Å²) >= 11 is 0. The van der Waals surface area contributed by atoms with Crippen molar-refractivity contribution in [3.05, 3.63) is 42.4 Å². The van der Waals surface area contributed by atoms with Crippen LogP contribution in [0.4, 0.5) is 4.39 Å². The lowest BCUT2D eigenvalue weighted by Crippen LogP contribution is -1.88. The van der Waals surface area contributed by atoms with Crippen LogP contribution < -0.4 is 0 Å². The molecule has 2 heterocycles. The first-order chi connectivity index (χ1) is 8.24. The van der Waals surface area contributed by atoms with Gasteiger partial charge in [0.15, 0.2) is 0 Å². The van der Waals surface area contributed by atoms with E-state index in [2.05, 4.69) is 20.2 Å². The summed E-state index contributed by atoms with van der Waals surface area (Å²) in [5.74, 6) is 0.370. The third-order valence-corrected chi connectivity index (χ3v) is 2.61. The Bertz CT molecular complexity index is 673. The van der Waals surface area contributed by atoms with Gasteiger partial charge in [-0.25, -0.2) is 14.4 Å². The topological polar surface area (TPSA) is 54.5 Å². The van der Waals surface area contributed by atoms with E-state index in [1.54, 1.807) is 18.6 Å². The summed E-state index contributed by atoms with van der Waals surface area (Å²) < 4.78 is 13.7. The monoisotopic (exact) mass is 228 g/mol. The minimum absolute atomic E-state index is 0.324. The van der Waals surface area contributed by atoms with Crippen LogP contribution in [0.25, 0.3) is 22.0 Å². The van der Waals surface area contributed by atoms with Crippen LogP contribution in [-0.2, 0) is 0 Å². The van der Waals surface area contributed by atoms with Gasteiger partial charge in [0.05, 0.1) is 6.20 Å². The molecule has 0 saturated carbocycles. The highest BCUT2D eigenvalue weighted by Crippen LogP contribution is 2.24. The molecule has 0 aliphatic rings. The number of H-pyrrole nitrogens is 1. The molecular weight excluding hydrogens is 219 g/mol. The number of benzene rings is 1. The van der Waals surface area contributed by atoms with E-state index in [4.69, 9.17) is 0 Å². The average Bonchev–Trinajstić information content (AvgIpc) is 2.78. The molecule has 0 radical (unpaired) electrons. The van der Waals surface area contributed by atoms with Crippen LogP contribution in [0.1, 0.15) is 5.82 Å². The van der Waals surface area contributed by atoms with Gasteiger partial charge in [0, 0.05) is 23.3 Å². The fourth-order valence-electron chi connectivity index (χ4n) is 1.72. The second-order valence-electron chi connectivity index (χ2n) is 3.81. The summed E-state index contributed by atoms with van der Waals surface area (Å²) in [7, 11) is 0. The molecule has 4 nitrogen and oxygen atoms in total. The Hall–Kier alpha value is -2.30. The van der Waals surface area contributed by atoms with Gasteiger partial charge in [0.2, 0.25) is 0 Å². The summed E-state index contributed by atoms with van der Waals surface area (Å²) in [6.07, 6.45) is 4.96. The molecule has 0 aliphatic heterocycles. The molecule has 0 fully saturated rings.